The highest BCUT2D eigenvalue weighted by molar-refractivity contribution is 6.34. The van der Waals surface area contributed by atoms with Crippen molar-refractivity contribution >= 4 is 40.7 Å². The van der Waals surface area contributed by atoms with E-state index in [-0.39, 0.29) is 25.0 Å². The standard InChI is InChI=1S/C19H16Cl2N2O3/c1-3-13-5-4-6-15(9-13)22-18(24)11-23(2)19(25)12-26-17-10-14(20)7-8-16(17)21/h1,4-10H,11-12H2,2H3,(H,22,24). The lowest BCUT2D eigenvalue weighted by molar-refractivity contribution is -0.135. The number of nitrogens with one attached hydrogen (secondary N) is 1. The van der Waals surface area contributed by atoms with Gasteiger partial charge in [-0.2, -0.15) is 0 Å². The molecular formula is C19H16Cl2N2O3. The minimum absolute atomic E-state index is 0.133. The number of terminal acetylenes is 1. The van der Waals surface area contributed by atoms with Gasteiger partial charge in [-0.05, 0) is 30.3 Å². The first-order valence-electron chi connectivity index (χ1n) is 7.57. The molecule has 5 nitrogen and oxygen atoms in total. The molecule has 2 rings (SSSR count). The van der Waals surface area contributed by atoms with Crippen molar-refractivity contribution in [3.05, 3.63) is 58.1 Å². The fourth-order valence-corrected chi connectivity index (χ4v) is 2.36. The van der Waals surface area contributed by atoms with Crippen LogP contribution < -0.4 is 10.1 Å². The van der Waals surface area contributed by atoms with Gasteiger partial charge in [0, 0.05) is 29.4 Å². The third-order valence-electron chi connectivity index (χ3n) is 3.36. The lowest BCUT2D eigenvalue weighted by atomic mass is 10.2. The molecule has 2 amide bonds. The zero-order valence-corrected chi connectivity index (χ0v) is 15.5. The van der Waals surface area contributed by atoms with Crippen molar-refractivity contribution in [3.63, 3.8) is 0 Å². The molecule has 134 valence electrons. The number of hydrogen-bond donors (Lipinski definition) is 1. The van der Waals surface area contributed by atoms with Gasteiger partial charge in [0.15, 0.2) is 6.61 Å². The van der Waals surface area contributed by atoms with Gasteiger partial charge in [-0.25, -0.2) is 0 Å². The summed E-state index contributed by atoms with van der Waals surface area (Å²) in [5.41, 5.74) is 1.22. The van der Waals surface area contributed by atoms with Crippen molar-refractivity contribution in [1.82, 2.24) is 4.90 Å². The van der Waals surface area contributed by atoms with Gasteiger partial charge in [-0.3, -0.25) is 9.59 Å². The molecule has 0 atom stereocenters. The number of nitrogens with zero attached hydrogens (tertiary/aromatic N) is 1. The Morgan fingerprint density at radius 2 is 2.00 bits per heavy atom. The number of carbonyl (C=O) groups is 2. The van der Waals surface area contributed by atoms with Crippen molar-refractivity contribution in [3.8, 4) is 18.1 Å². The van der Waals surface area contributed by atoms with E-state index in [9.17, 15) is 9.59 Å². The zero-order valence-electron chi connectivity index (χ0n) is 14.0. The third-order valence-corrected chi connectivity index (χ3v) is 3.91. The van der Waals surface area contributed by atoms with Crippen LogP contribution in [0, 0.1) is 12.3 Å². The molecule has 0 unspecified atom stereocenters. The van der Waals surface area contributed by atoms with Gasteiger partial charge in [0.2, 0.25) is 5.91 Å². The minimum Gasteiger partial charge on any atom is -0.482 e. The summed E-state index contributed by atoms with van der Waals surface area (Å²) in [6.45, 7) is -0.401. The second-order valence-corrected chi connectivity index (χ2v) is 6.23. The van der Waals surface area contributed by atoms with Crippen LogP contribution in [0.15, 0.2) is 42.5 Å². The summed E-state index contributed by atoms with van der Waals surface area (Å²) in [4.78, 5) is 25.4. The lowest BCUT2D eigenvalue weighted by Crippen LogP contribution is -2.37. The average Bonchev–Trinajstić information content (AvgIpc) is 2.62. The van der Waals surface area contributed by atoms with E-state index >= 15 is 0 Å². The number of benzene rings is 2. The summed E-state index contributed by atoms with van der Waals surface area (Å²) in [5, 5.41) is 3.47. The number of ether oxygens (including phenoxy) is 1. The van der Waals surface area contributed by atoms with Crippen LogP contribution in [-0.2, 0) is 9.59 Å². The number of anilines is 1. The highest BCUT2D eigenvalue weighted by Gasteiger charge is 2.15. The molecule has 2 aromatic carbocycles. The first-order valence-corrected chi connectivity index (χ1v) is 8.33. The Kier molecular flexibility index (Phi) is 6.90. The van der Waals surface area contributed by atoms with E-state index in [1.165, 1.54) is 18.0 Å². The Morgan fingerprint density at radius 3 is 2.73 bits per heavy atom. The van der Waals surface area contributed by atoms with E-state index in [0.29, 0.717) is 27.0 Å². The molecule has 0 bridgehead atoms. The van der Waals surface area contributed by atoms with Gasteiger partial charge < -0.3 is 15.0 Å². The Bertz CT molecular complexity index is 862. The fraction of sp³-hybridized carbons (Fsp3) is 0.158. The molecule has 0 fully saturated rings. The van der Waals surface area contributed by atoms with Crippen LogP contribution in [0.5, 0.6) is 5.75 Å². The lowest BCUT2D eigenvalue weighted by Gasteiger charge is -2.17. The Morgan fingerprint density at radius 1 is 1.23 bits per heavy atom. The molecule has 0 heterocycles. The topological polar surface area (TPSA) is 58.6 Å². The predicted molar refractivity (Wildman–Crippen MR) is 103 cm³/mol. The van der Waals surface area contributed by atoms with Crippen molar-refractivity contribution in [1.29, 1.82) is 0 Å². The summed E-state index contributed by atoms with van der Waals surface area (Å²) in [6.07, 6.45) is 5.32. The van der Waals surface area contributed by atoms with Crippen LogP contribution in [0.1, 0.15) is 5.56 Å². The number of hydrogen-bond acceptors (Lipinski definition) is 3. The molecule has 26 heavy (non-hydrogen) atoms. The maximum atomic E-state index is 12.1. The van der Waals surface area contributed by atoms with E-state index in [1.807, 2.05) is 0 Å². The highest BCUT2D eigenvalue weighted by atomic mass is 35.5. The second kappa shape index (κ2) is 9.14. The molecule has 0 saturated carbocycles. The van der Waals surface area contributed by atoms with Crippen molar-refractivity contribution in [2.75, 3.05) is 25.5 Å². The van der Waals surface area contributed by atoms with Gasteiger partial charge in [0.25, 0.3) is 5.91 Å². The molecule has 0 aliphatic carbocycles. The van der Waals surface area contributed by atoms with Gasteiger partial charge in [-0.15, -0.1) is 6.42 Å². The van der Waals surface area contributed by atoms with Crippen LogP contribution in [0.2, 0.25) is 10.0 Å². The molecule has 0 aromatic heterocycles. The molecule has 0 radical (unpaired) electrons. The fourth-order valence-electron chi connectivity index (χ4n) is 2.03. The predicted octanol–water partition coefficient (Wildman–Crippen LogP) is 3.45. The number of likely N-dealkylation sites (N-methyl/N-ethyl adjacent to an activating group) is 1. The molecule has 0 saturated heterocycles. The van der Waals surface area contributed by atoms with E-state index in [2.05, 4.69) is 11.2 Å². The number of carbonyl (C=O) groups excluding carboxylic acids is 2. The Balaban J connectivity index is 1.87. The van der Waals surface area contributed by atoms with Gasteiger partial charge in [0.1, 0.15) is 5.75 Å². The highest BCUT2D eigenvalue weighted by Crippen LogP contribution is 2.27. The van der Waals surface area contributed by atoms with Gasteiger partial charge >= 0.3 is 0 Å². The number of rotatable bonds is 6. The average molecular weight is 391 g/mol. The summed E-state index contributed by atoms with van der Waals surface area (Å²) in [6, 6.07) is 11.6. The van der Waals surface area contributed by atoms with E-state index in [0.717, 1.165) is 0 Å². The van der Waals surface area contributed by atoms with Gasteiger partial charge in [0.05, 0.1) is 11.6 Å². The van der Waals surface area contributed by atoms with Crippen LogP contribution in [0.4, 0.5) is 5.69 Å². The Hall–Kier alpha value is -2.68. The maximum Gasteiger partial charge on any atom is 0.260 e. The van der Waals surface area contributed by atoms with Gasteiger partial charge in [-0.1, -0.05) is 35.2 Å². The monoisotopic (exact) mass is 390 g/mol. The zero-order chi connectivity index (χ0) is 19.1. The molecule has 7 heteroatoms. The molecule has 1 N–H and O–H groups in total. The molecule has 0 spiro atoms. The number of halogens is 2. The minimum atomic E-state index is -0.381. The summed E-state index contributed by atoms with van der Waals surface area (Å²) < 4.78 is 5.37. The normalized spacial score (nSPS) is 9.92. The van der Waals surface area contributed by atoms with Crippen molar-refractivity contribution in [2.24, 2.45) is 0 Å². The summed E-state index contributed by atoms with van der Waals surface area (Å²) in [5.74, 6) is 2.06. The Labute approximate surface area is 161 Å². The van der Waals surface area contributed by atoms with E-state index in [4.69, 9.17) is 34.4 Å². The summed E-state index contributed by atoms with van der Waals surface area (Å²) >= 11 is 11.8. The SMILES string of the molecule is C#Cc1cccc(NC(=O)CN(C)C(=O)COc2cc(Cl)ccc2Cl)c1. The first-order chi connectivity index (χ1) is 12.4. The largest absolute Gasteiger partial charge is 0.482 e. The quantitative estimate of drug-likeness (QED) is 0.768. The smallest absolute Gasteiger partial charge is 0.260 e. The maximum absolute atomic E-state index is 12.1. The molecular weight excluding hydrogens is 375 g/mol. The van der Waals surface area contributed by atoms with Crippen LogP contribution in [-0.4, -0.2) is 36.9 Å². The second-order valence-electron chi connectivity index (χ2n) is 5.39. The first kappa shape index (κ1) is 19.6. The number of amides is 2. The van der Waals surface area contributed by atoms with E-state index < -0.39 is 0 Å². The summed E-state index contributed by atoms with van der Waals surface area (Å²) in [7, 11) is 1.50. The van der Waals surface area contributed by atoms with Crippen LogP contribution in [0.3, 0.4) is 0 Å². The molecule has 0 aliphatic heterocycles. The molecule has 2 aromatic rings. The molecule has 0 aliphatic rings. The van der Waals surface area contributed by atoms with E-state index in [1.54, 1.807) is 36.4 Å². The van der Waals surface area contributed by atoms with Crippen molar-refractivity contribution in [2.45, 2.75) is 0 Å². The third kappa shape index (κ3) is 5.69. The van der Waals surface area contributed by atoms with Crippen LogP contribution in [0.25, 0.3) is 0 Å². The van der Waals surface area contributed by atoms with Crippen LogP contribution >= 0.6 is 23.2 Å². The van der Waals surface area contributed by atoms with Crippen molar-refractivity contribution < 1.29 is 14.3 Å².